The van der Waals surface area contributed by atoms with E-state index in [0.717, 1.165) is 0 Å². The average Bonchev–Trinajstić information content (AvgIpc) is 2.25. The van der Waals surface area contributed by atoms with Crippen LogP contribution in [0, 0.1) is 5.92 Å². The van der Waals surface area contributed by atoms with Crippen molar-refractivity contribution in [2.75, 3.05) is 0 Å². The monoisotopic (exact) mass is 222 g/mol. The van der Waals surface area contributed by atoms with Gasteiger partial charge >= 0.3 is 0 Å². The number of aromatic nitrogens is 2. The Balaban J connectivity index is 2.74. The zero-order chi connectivity index (χ0) is 12.1. The Morgan fingerprint density at radius 2 is 2.06 bits per heavy atom. The van der Waals surface area contributed by atoms with Gasteiger partial charge in [0.05, 0.1) is 6.20 Å². The maximum atomic E-state index is 11.6. The molecule has 1 rings (SSSR count). The molecule has 0 unspecified atom stereocenters. The number of nitrogens with two attached hydrogens (primary N) is 1. The third-order valence-electron chi connectivity index (χ3n) is 2.06. The highest BCUT2D eigenvalue weighted by atomic mass is 16.2. The van der Waals surface area contributed by atoms with Gasteiger partial charge in [0.15, 0.2) is 0 Å². The van der Waals surface area contributed by atoms with Crippen LogP contribution in [0.2, 0.25) is 0 Å². The number of carbonyl (C=O) groups excluding carboxylic acids is 2. The lowest BCUT2D eigenvalue weighted by atomic mass is 10.0. The van der Waals surface area contributed by atoms with Gasteiger partial charge in [-0.15, -0.1) is 0 Å². The van der Waals surface area contributed by atoms with Gasteiger partial charge in [0, 0.05) is 12.4 Å². The van der Waals surface area contributed by atoms with E-state index in [-0.39, 0.29) is 11.6 Å². The minimum atomic E-state index is -0.700. The van der Waals surface area contributed by atoms with E-state index in [2.05, 4.69) is 15.3 Å². The molecule has 0 bridgehead atoms. The van der Waals surface area contributed by atoms with Crippen molar-refractivity contribution in [2.24, 2.45) is 11.7 Å². The van der Waals surface area contributed by atoms with Crippen LogP contribution in [-0.4, -0.2) is 27.8 Å². The van der Waals surface area contributed by atoms with Crippen LogP contribution in [0.15, 0.2) is 18.6 Å². The topological polar surface area (TPSA) is 98.0 Å². The largest absolute Gasteiger partial charge is 0.368 e. The summed E-state index contributed by atoms with van der Waals surface area (Å²) in [6, 6.07) is -0.700. The molecule has 0 saturated carbocycles. The number of carbonyl (C=O) groups is 2. The van der Waals surface area contributed by atoms with Gasteiger partial charge in [-0.05, 0) is 5.92 Å². The molecule has 0 spiro atoms. The summed E-state index contributed by atoms with van der Waals surface area (Å²) in [5.41, 5.74) is 5.34. The molecule has 3 N–H and O–H groups in total. The molecular weight excluding hydrogens is 208 g/mol. The molecular formula is C10H14N4O2. The second-order valence-corrected chi connectivity index (χ2v) is 3.69. The quantitative estimate of drug-likeness (QED) is 0.731. The Kier molecular flexibility index (Phi) is 3.93. The van der Waals surface area contributed by atoms with Crippen LogP contribution < -0.4 is 11.1 Å². The lowest BCUT2D eigenvalue weighted by Crippen LogP contribution is -2.47. The summed E-state index contributed by atoms with van der Waals surface area (Å²) in [5.74, 6) is -1.09. The van der Waals surface area contributed by atoms with Crippen molar-refractivity contribution in [3.8, 4) is 0 Å². The number of hydrogen-bond acceptors (Lipinski definition) is 4. The van der Waals surface area contributed by atoms with Crippen LogP contribution in [0.3, 0.4) is 0 Å². The number of rotatable bonds is 4. The molecule has 1 aromatic heterocycles. The summed E-state index contributed by atoms with van der Waals surface area (Å²) in [6.45, 7) is 3.60. The van der Waals surface area contributed by atoms with Gasteiger partial charge in [0.2, 0.25) is 5.91 Å². The smallest absolute Gasteiger partial charge is 0.272 e. The normalized spacial score (nSPS) is 12.2. The Bertz CT molecular complexity index is 378. The summed E-state index contributed by atoms with van der Waals surface area (Å²) in [7, 11) is 0. The van der Waals surface area contributed by atoms with Crippen LogP contribution in [0.1, 0.15) is 24.3 Å². The molecule has 1 heterocycles. The van der Waals surface area contributed by atoms with Crippen LogP contribution in [-0.2, 0) is 4.79 Å². The summed E-state index contributed by atoms with van der Waals surface area (Å²) in [5, 5.41) is 2.52. The molecule has 0 aliphatic rings. The Morgan fingerprint density at radius 3 is 2.50 bits per heavy atom. The maximum absolute atomic E-state index is 11.6. The fraction of sp³-hybridized carbons (Fsp3) is 0.400. The van der Waals surface area contributed by atoms with E-state index in [9.17, 15) is 9.59 Å². The lowest BCUT2D eigenvalue weighted by molar-refractivity contribution is -0.120. The Labute approximate surface area is 93.3 Å². The summed E-state index contributed by atoms with van der Waals surface area (Å²) < 4.78 is 0. The third-order valence-corrected chi connectivity index (χ3v) is 2.06. The Hall–Kier alpha value is -1.98. The first-order valence-electron chi connectivity index (χ1n) is 4.88. The van der Waals surface area contributed by atoms with Crippen molar-refractivity contribution in [2.45, 2.75) is 19.9 Å². The number of amides is 2. The summed E-state index contributed by atoms with van der Waals surface area (Å²) >= 11 is 0. The molecule has 0 fully saturated rings. The molecule has 0 aliphatic carbocycles. The fourth-order valence-electron chi connectivity index (χ4n) is 1.20. The molecule has 0 saturated heterocycles. The van der Waals surface area contributed by atoms with Crippen molar-refractivity contribution >= 4 is 11.8 Å². The molecule has 0 aromatic carbocycles. The van der Waals surface area contributed by atoms with Crippen molar-refractivity contribution in [1.82, 2.24) is 15.3 Å². The predicted octanol–water partition coefficient (Wildman–Crippen LogP) is -0.284. The molecule has 6 nitrogen and oxygen atoms in total. The van der Waals surface area contributed by atoms with Crippen LogP contribution in [0.5, 0.6) is 0 Å². The van der Waals surface area contributed by atoms with Crippen molar-refractivity contribution in [3.63, 3.8) is 0 Å². The van der Waals surface area contributed by atoms with Gasteiger partial charge in [-0.25, -0.2) is 4.98 Å². The molecule has 86 valence electrons. The number of nitrogens with zero attached hydrogens (tertiary/aromatic N) is 2. The van der Waals surface area contributed by atoms with Crippen LogP contribution >= 0.6 is 0 Å². The van der Waals surface area contributed by atoms with Gasteiger partial charge in [-0.1, -0.05) is 13.8 Å². The maximum Gasteiger partial charge on any atom is 0.272 e. The summed E-state index contributed by atoms with van der Waals surface area (Å²) in [6.07, 6.45) is 4.20. The highest BCUT2D eigenvalue weighted by molar-refractivity contribution is 5.95. The molecule has 1 atom stereocenters. The van der Waals surface area contributed by atoms with Crippen molar-refractivity contribution in [3.05, 3.63) is 24.3 Å². The first-order chi connectivity index (χ1) is 7.52. The van der Waals surface area contributed by atoms with Crippen molar-refractivity contribution in [1.29, 1.82) is 0 Å². The second-order valence-electron chi connectivity index (χ2n) is 3.69. The molecule has 16 heavy (non-hydrogen) atoms. The van der Waals surface area contributed by atoms with Gasteiger partial charge < -0.3 is 11.1 Å². The van der Waals surface area contributed by atoms with E-state index in [1.165, 1.54) is 18.6 Å². The second kappa shape index (κ2) is 5.20. The SMILES string of the molecule is CC(C)[C@H](NC(=O)c1cnccn1)C(N)=O. The van der Waals surface area contributed by atoms with E-state index in [1.54, 1.807) is 13.8 Å². The van der Waals surface area contributed by atoms with Crippen LogP contribution in [0.4, 0.5) is 0 Å². The van der Waals surface area contributed by atoms with E-state index >= 15 is 0 Å². The highest BCUT2D eigenvalue weighted by Crippen LogP contribution is 2.02. The minimum absolute atomic E-state index is 0.0712. The Morgan fingerprint density at radius 1 is 1.38 bits per heavy atom. The standard InChI is InChI=1S/C10H14N4O2/c1-6(2)8(9(11)15)14-10(16)7-5-12-3-4-13-7/h3-6,8H,1-2H3,(H2,11,15)(H,14,16)/t8-/m0/s1. The van der Waals surface area contributed by atoms with E-state index in [0.29, 0.717) is 0 Å². The fourth-order valence-corrected chi connectivity index (χ4v) is 1.20. The first-order valence-corrected chi connectivity index (χ1v) is 4.88. The van der Waals surface area contributed by atoms with Gasteiger partial charge in [-0.3, -0.25) is 14.6 Å². The highest BCUT2D eigenvalue weighted by Gasteiger charge is 2.22. The number of hydrogen-bond donors (Lipinski definition) is 2. The number of nitrogens with one attached hydrogen (secondary N) is 1. The van der Waals surface area contributed by atoms with E-state index < -0.39 is 17.9 Å². The minimum Gasteiger partial charge on any atom is -0.368 e. The van der Waals surface area contributed by atoms with E-state index in [1.807, 2.05) is 0 Å². The lowest BCUT2D eigenvalue weighted by Gasteiger charge is -2.18. The average molecular weight is 222 g/mol. The van der Waals surface area contributed by atoms with Gasteiger partial charge in [-0.2, -0.15) is 0 Å². The van der Waals surface area contributed by atoms with Gasteiger partial charge in [0.25, 0.3) is 5.91 Å². The number of primary amides is 1. The zero-order valence-corrected chi connectivity index (χ0v) is 9.18. The molecule has 2 amide bonds. The molecule has 6 heteroatoms. The molecule has 0 radical (unpaired) electrons. The molecule has 1 aromatic rings. The summed E-state index contributed by atoms with van der Waals surface area (Å²) in [4.78, 5) is 30.3. The van der Waals surface area contributed by atoms with Gasteiger partial charge in [0.1, 0.15) is 11.7 Å². The predicted molar refractivity (Wildman–Crippen MR) is 57.3 cm³/mol. The zero-order valence-electron chi connectivity index (χ0n) is 9.18. The van der Waals surface area contributed by atoms with Crippen LogP contribution in [0.25, 0.3) is 0 Å². The molecule has 0 aliphatic heterocycles. The third kappa shape index (κ3) is 3.01. The van der Waals surface area contributed by atoms with E-state index in [4.69, 9.17) is 5.73 Å². The van der Waals surface area contributed by atoms with Crippen molar-refractivity contribution < 1.29 is 9.59 Å². The first kappa shape index (κ1) is 12.1.